The summed E-state index contributed by atoms with van der Waals surface area (Å²) in [4.78, 5) is 6.42. The lowest BCUT2D eigenvalue weighted by Crippen LogP contribution is -2.26. The van der Waals surface area contributed by atoms with Crippen molar-refractivity contribution in [1.29, 1.82) is 0 Å². The largest absolute Gasteiger partial charge is 0.369 e. The molecule has 0 atom stereocenters. The molecule has 4 heteroatoms. The Kier molecular flexibility index (Phi) is 7.01. The van der Waals surface area contributed by atoms with Crippen molar-refractivity contribution < 1.29 is 4.39 Å². The Balaban J connectivity index is 2.01. The minimum atomic E-state index is -0.139. The van der Waals surface area contributed by atoms with Crippen LogP contribution in [0.3, 0.4) is 0 Å². The minimum absolute atomic E-state index is 0.139. The van der Waals surface area contributed by atoms with Gasteiger partial charge in [0.1, 0.15) is 5.82 Å². The van der Waals surface area contributed by atoms with Gasteiger partial charge in [0, 0.05) is 32.4 Å². The molecule has 2 aromatic rings. The maximum atomic E-state index is 14.2. The van der Waals surface area contributed by atoms with E-state index in [2.05, 4.69) is 29.0 Å². The van der Waals surface area contributed by atoms with E-state index in [0.29, 0.717) is 18.8 Å². The SMILES string of the molecule is CCCN(CCC)c1cc(CNCc2ccccn2)ccc1F. The number of anilines is 1. The molecule has 0 saturated heterocycles. The van der Waals surface area contributed by atoms with Crippen LogP contribution in [0, 0.1) is 5.82 Å². The number of hydrogen-bond acceptors (Lipinski definition) is 3. The van der Waals surface area contributed by atoms with E-state index in [1.54, 1.807) is 12.3 Å². The van der Waals surface area contributed by atoms with Gasteiger partial charge in [0.2, 0.25) is 0 Å². The summed E-state index contributed by atoms with van der Waals surface area (Å²) in [6.07, 6.45) is 3.82. The number of nitrogens with zero attached hydrogens (tertiary/aromatic N) is 2. The normalized spacial score (nSPS) is 10.7. The number of nitrogens with one attached hydrogen (secondary N) is 1. The molecule has 0 spiro atoms. The van der Waals surface area contributed by atoms with E-state index in [9.17, 15) is 4.39 Å². The van der Waals surface area contributed by atoms with E-state index in [1.807, 2.05) is 30.3 Å². The molecule has 0 unspecified atom stereocenters. The Bertz CT molecular complexity index is 580. The van der Waals surface area contributed by atoms with E-state index in [0.717, 1.165) is 37.2 Å². The third-order valence-electron chi connectivity index (χ3n) is 3.70. The molecule has 0 fully saturated rings. The van der Waals surface area contributed by atoms with Gasteiger partial charge < -0.3 is 10.2 Å². The van der Waals surface area contributed by atoms with E-state index < -0.39 is 0 Å². The monoisotopic (exact) mass is 315 g/mol. The lowest BCUT2D eigenvalue weighted by molar-refractivity contribution is 0.610. The number of rotatable bonds is 9. The van der Waals surface area contributed by atoms with Gasteiger partial charge in [-0.15, -0.1) is 0 Å². The summed E-state index contributed by atoms with van der Waals surface area (Å²) in [5, 5.41) is 3.36. The van der Waals surface area contributed by atoms with Gasteiger partial charge in [-0.25, -0.2) is 4.39 Å². The molecule has 0 saturated carbocycles. The smallest absolute Gasteiger partial charge is 0.146 e. The summed E-state index contributed by atoms with van der Waals surface area (Å²) in [7, 11) is 0. The maximum absolute atomic E-state index is 14.2. The number of aromatic nitrogens is 1. The topological polar surface area (TPSA) is 28.2 Å². The minimum Gasteiger partial charge on any atom is -0.369 e. The standard InChI is InChI=1S/C19H26FN3/c1-3-11-23(12-4-2)19-13-16(8-9-18(19)20)14-21-15-17-7-5-6-10-22-17/h5-10,13,21H,3-4,11-12,14-15H2,1-2H3. The summed E-state index contributed by atoms with van der Waals surface area (Å²) in [6.45, 7) is 7.43. The molecule has 0 bridgehead atoms. The molecule has 1 heterocycles. The summed E-state index contributed by atoms with van der Waals surface area (Å²) in [6, 6.07) is 11.3. The molecular weight excluding hydrogens is 289 g/mol. The van der Waals surface area contributed by atoms with Crippen LogP contribution >= 0.6 is 0 Å². The molecule has 0 amide bonds. The van der Waals surface area contributed by atoms with Crippen molar-refractivity contribution in [3.8, 4) is 0 Å². The number of hydrogen-bond donors (Lipinski definition) is 1. The molecule has 1 N–H and O–H groups in total. The van der Waals surface area contributed by atoms with Crippen LogP contribution in [0.4, 0.5) is 10.1 Å². The number of halogens is 1. The second-order valence-electron chi connectivity index (χ2n) is 5.70. The van der Waals surface area contributed by atoms with Gasteiger partial charge in [-0.2, -0.15) is 0 Å². The molecule has 0 aliphatic heterocycles. The van der Waals surface area contributed by atoms with Crippen molar-refractivity contribution in [3.63, 3.8) is 0 Å². The number of pyridine rings is 1. The van der Waals surface area contributed by atoms with Crippen LogP contribution in [0.2, 0.25) is 0 Å². The molecule has 23 heavy (non-hydrogen) atoms. The molecule has 0 radical (unpaired) electrons. The first-order valence-corrected chi connectivity index (χ1v) is 8.38. The Morgan fingerprint density at radius 1 is 1.04 bits per heavy atom. The molecule has 124 valence electrons. The second-order valence-corrected chi connectivity index (χ2v) is 5.70. The van der Waals surface area contributed by atoms with Gasteiger partial charge in [-0.1, -0.05) is 26.0 Å². The first-order valence-electron chi connectivity index (χ1n) is 8.38. The van der Waals surface area contributed by atoms with Gasteiger partial charge in [0.15, 0.2) is 0 Å². The number of benzene rings is 1. The van der Waals surface area contributed by atoms with E-state index in [-0.39, 0.29) is 5.82 Å². The Morgan fingerprint density at radius 3 is 2.48 bits per heavy atom. The molecule has 1 aromatic heterocycles. The fraction of sp³-hybridized carbons (Fsp3) is 0.421. The molecule has 0 aliphatic rings. The van der Waals surface area contributed by atoms with Crippen molar-refractivity contribution in [2.45, 2.75) is 39.8 Å². The van der Waals surface area contributed by atoms with Gasteiger partial charge in [-0.05, 0) is 42.7 Å². The lowest BCUT2D eigenvalue weighted by Gasteiger charge is -2.25. The molecular formula is C19H26FN3. The average molecular weight is 315 g/mol. The fourth-order valence-electron chi connectivity index (χ4n) is 2.64. The van der Waals surface area contributed by atoms with Crippen LogP contribution in [0.1, 0.15) is 37.9 Å². The molecule has 3 nitrogen and oxygen atoms in total. The van der Waals surface area contributed by atoms with Crippen molar-refractivity contribution in [3.05, 3.63) is 59.7 Å². The van der Waals surface area contributed by atoms with Crippen molar-refractivity contribution in [2.24, 2.45) is 0 Å². The van der Waals surface area contributed by atoms with Crippen LogP contribution in [-0.4, -0.2) is 18.1 Å². The second kappa shape index (κ2) is 9.26. The summed E-state index contributed by atoms with van der Waals surface area (Å²) < 4.78 is 14.2. The molecule has 0 aliphatic carbocycles. The van der Waals surface area contributed by atoms with Crippen molar-refractivity contribution >= 4 is 5.69 Å². The zero-order valence-electron chi connectivity index (χ0n) is 14.1. The first-order chi connectivity index (χ1) is 11.2. The third-order valence-corrected chi connectivity index (χ3v) is 3.70. The molecule has 2 rings (SSSR count). The zero-order chi connectivity index (χ0) is 16.5. The predicted octanol–water partition coefficient (Wildman–Crippen LogP) is 4.14. The summed E-state index contributed by atoms with van der Waals surface area (Å²) in [5.74, 6) is -0.139. The van der Waals surface area contributed by atoms with Gasteiger partial charge in [0.05, 0.1) is 11.4 Å². The van der Waals surface area contributed by atoms with Crippen molar-refractivity contribution in [1.82, 2.24) is 10.3 Å². The van der Waals surface area contributed by atoms with Crippen LogP contribution in [0.15, 0.2) is 42.6 Å². The lowest BCUT2D eigenvalue weighted by atomic mass is 10.1. The van der Waals surface area contributed by atoms with Crippen LogP contribution in [-0.2, 0) is 13.1 Å². The third kappa shape index (κ3) is 5.32. The summed E-state index contributed by atoms with van der Waals surface area (Å²) >= 11 is 0. The quantitative estimate of drug-likeness (QED) is 0.754. The highest BCUT2D eigenvalue weighted by Gasteiger charge is 2.11. The first kappa shape index (κ1) is 17.4. The van der Waals surface area contributed by atoms with E-state index in [4.69, 9.17) is 0 Å². The van der Waals surface area contributed by atoms with Crippen LogP contribution in [0.25, 0.3) is 0 Å². The van der Waals surface area contributed by atoms with Gasteiger partial charge in [0.25, 0.3) is 0 Å². The predicted molar refractivity (Wildman–Crippen MR) is 94.0 cm³/mol. The average Bonchev–Trinajstić information content (AvgIpc) is 2.57. The maximum Gasteiger partial charge on any atom is 0.146 e. The highest BCUT2D eigenvalue weighted by Crippen LogP contribution is 2.22. The molecule has 1 aromatic carbocycles. The summed E-state index contributed by atoms with van der Waals surface area (Å²) in [5.41, 5.74) is 2.81. The van der Waals surface area contributed by atoms with E-state index in [1.165, 1.54) is 0 Å². The highest BCUT2D eigenvalue weighted by atomic mass is 19.1. The van der Waals surface area contributed by atoms with Gasteiger partial charge >= 0.3 is 0 Å². The van der Waals surface area contributed by atoms with Crippen molar-refractivity contribution in [2.75, 3.05) is 18.0 Å². The zero-order valence-corrected chi connectivity index (χ0v) is 14.1. The fourth-order valence-corrected chi connectivity index (χ4v) is 2.64. The highest BCUT2D eigenvalue weighted by molar-refractivity contribution is 5.50. The Hall–Kier alpha value is -1.94. The Morgan fingerprint density at radius 2 is 1.83 bits per heavy atom. The van der Waals surface area contributed by atoms with E-state index >= 15 is 0 Å². The van der Waals surface area contributed by atoms with Crippen LogP contribution < -0.4 is 10.2 Å². The Labute approximate surface area is 138 Å². The van der Waals surface area contributed by atoms with Gasteiger partial charge in [-0.3, -0.25) is 4.98 Å². The van der Waals surface area contributed by atoms with Crippen LogP contribution in [0.5, 0.6) is 0 Å².